The molecule has 10 nitrogen and oxygen atoms in total. The normalized spacial score (nSPS) is 29.7. The zero-order valence-electron chi connectivity index (χ0n) is 20.1. The molecule has 0 heterocycles. The molecule has 4 aliphatic carbocycles. The summed E-state index contributed by atoms with van der Waals surface area (Å²) >= 11 is 0. The number of ether oxygens (including phenoxy) is 6. The summed E-state index contributed by atoms with van der Waals surface area (Å²) in [6.45, 7) is 7.40. The summed E-state index contributed by atoms with van der Waals surface area (Å²) in [5, 5.41) is 0. The minimum absolute atomic E-state index is 0.155. The van der Waals surface area contributed by atoms with Crippen LogP contribution in [-0.2, 0) is 47.6 Å². The number of hydrogen-bond donors (Lipinski definition) is 0. The van der Waals surface area contributed by atoms with E-state index in [1.807, 2.05) is 6.92 Å². The van der Waals surface area contributed by atoms with Crippen LogP contribution in [0.3, 0.4) is 0 Å². The van der Waals surface area contributed by atoms with Crippen molar-refractivity contribution in [1.29, 1.82) is 0 Å². The van der Waals surface area contributed by atoms with Crippen LogP contribution in [-0.4, -0.2) is 67.8 Å². The Balaban J connectivity index is 1.50. The van der Waals surface area contributed by atoms with Gasteiger partial charge >= 0.3 is 23.9 Å². The molecule has 4 aliphatic rings. The smallest absolute Gasteiger partial charge is 0.344 e. The molecule has 3 atom stereocenters. The van der Waals surface area contributed by atoms with Gasteiger partial charge in [0.25, 0.3) is 0 Å². The van der Waals surface area contributed by atoms with Crippen LogP contribution in [0.4, 0.5) is 0 Å². The number of carbonyl (C=O) groups is 4. The molecule has 0 spiro atoms. The lowest BCUT2D eigenvalue weighted by molar-refractivity contribution is -0.239. The Morgan fingerprint density at radius 2 is 1.53 bits per heavy atom. The molecule has 0 aromatic carbocycles. The van der Waals surface area contributed by atoms with Gasteiger partial charge < -0.3 is 28.4 Å². The van der Waals surface area contributed by atoms with Crippen molar-refractivity contribution >= 4 is 23.9 Å². The molecule has 10 heteroatoms. The average Bonchev–Trinajstić information content (AvgIpc) is 2.73. The third kappa shape index (κ3) is 6.79. The topological polar surface area (TPSA) is 124 Å². The lowest BCUT2D eigenvalue weighted by Gasteiger charge is -2.60. The monoisotopic (exact) mass is 482 g/mol. The molecule has 0 aromatic rings. The number of rotatable bonds is 12. The van der Waals surface area contributed by atoms with Gasteiger partial charge in [0, 0.05) is 18.6 Å². The first-order valence-electron chi connectivity index (χ1n) is 11.7. The number of esters is 4. The first-order valence-corrected chi connectivity index (χ1v) is 11.7. The zero-order chi connectivity index (χ0) is 24.9. The van der Waals surface area contributed by atoms with E-state index in [1.165, 1.54) is 6.92 Å². The van der Waals surface area contributed by atoms with Gasteiger partial charge in [-0.15, -0.1) is 0 Å². The van der Waals surface area contributed by atoms with Gasteiger partial charge in [-0.25, -0.2) is 19.2 Å². The van der Waals surface area contributed by atoms with E-state index >= 15 is 0 Å². The van der Waals surface area contributed by atoms with Crippen LogP contribution in [0.5, 0.6) is 0 Å². The van der Waals surface area contributed by atoms with E-state index in [1.54, 1.807) is 6.92 Å². The highest BCUT2D eigenvalue weighted by molar-refractivity contribution is 5.88. The van der Waals surface area contributed by atoms with Crippen molar-refractivity contribution in [1.82, 2.24) is 0 Å². The molecular weight excluding hydrogens is 448 g/mol. The maximum atomic E-state index is 12.5. The summed E-state index contributed by atoms with van der Waals surface area (Å²) in [7, 11) is 0. The van der Waals surface area contributed by atoms with Crippen LogP contribution in [0.25, 0.3) is 0 Å². The molecule has 4 saturated carbocycles. The summed E-state index contributed by atoms with van der Waals surface area (Å²) in [5.41, 5.74) is -1.10. The Kier molecular flexibility index (Phi) is 8.35. The van der Waals surface area contributed by atoms with E-state index in [0.717, 1.165) is 32.1 Å². The third-order valence-corrected chi connectivity index (χ3v) is 6.50. The van der Waals surface area contributed by atoms with Crippen molar-refractivity contribution in [2.75, 3.05) is 26.4 Å². The predicted octanol–water partition coefficient (Wildman–Crippen LogP) is 2.23. The minimum atomic E-state index is -0.850. The SMILES string of the molecule is C=C(C)C(=O)OCC(=O)OCC(=O)OC12CC3CC(CC(OCC(=O)OC(C)OCC)(C3)C1)C2. The Morgan fingerprint density at radius 1 is 0.912 bits per heavy atom. The molecular formula is C24H34O10. The van der Waals surface area contributed by atoms with Crippen LogP contribution in [0.1, 0.15) is 59.3 Å². The second-order valence-corrected chi connectivity index (χ2v) is 9.62. The van der Waals surface area contributed by atoms with Gasteiger partial charge in [-0.2, -0.15) is 0 Å². The Bertz CT molecular complexity index is 805. The Hall–Kier alpha value is -2.46. The molecule has 0 radical (unpaired) electrons. The molecule has 0 aliphatic heterocycles. The molecule has 0 saturated heterocycles. The van der Waals surface area contributed by atoms with E-state index in [2.05, 4.69) is 6.58 Å². The molecule has 4 rings (SSSR count). The summed E-state index contributed by atoms with van der Waals surface area (Å²) in [6, 6.07) is 0. The molecule has 3 unspecified atom stereocenters. The second kappa shape index (κ2) is 10.9. The molecule has 4 fully saturated rings. The van der Waals surface area contributed by atoms with Gasteiger partial charge in [-0.1, -0.05) is 6.58 Å². The van der Waals surface area contributed by atoms with Crippen LogP contribution >= 0.6 is 0 Å². The fourth-order valence-electron chi connectivity index (χ4n) is 5.78. The highest BCUT2D eigenvalue weighted by Crippen LogP contribution is 2.60. The van der Waals surface area contributed by atoms with Gasteiger partial charge in [0.1, 0.15) is 12.2 Å². The van der Waals surface area contributed by atoms with Crippen LogP contribution < -0.4 is 0 Å². The minimum Gasteiger partial charge on any atom is -0.456 e. The summed E-state index contributed by atoms with van der Waals surface area (Å²) < 4.78 is 31.9. The van der Waals surface area contributed by atoms with Gasteiger partial charge in [-0.3, -0.25) is 0 Å². The van der Waals surface area contributed by atoms with Gasteiger partial charge in [0.2, 0.25) is 0 Å². The molecule has 0 aromatic heterocycles. The summed E-state index contributed by atoms with van der Waals surface area (Å²) in [6.07, 6.45) is 3.93. The van der Waals surface area contributed by atoms with Crippen molar-refractivity contribution in [2.45, 2.75) is 76.8 Å². The van der Waals surface area contributed by atoms with E-state index in [9.17, 15) is 19.2 Å². The van der Waals surface area contributed by atoms with E-state index in [0.29, 0.717) is 24.9 Å². The maximum absolute atomic E-state index is 12.5. The fraction of sp³-hybridized carbons (Fsp3) is 0.750. The van der Waals surface area contributed by atoms with E-state index in [4.69, 9.17) is 28.4 Å². The van der Waals surface area contributed by atoms with E-state index in [-0.39, 0.29) is 12.2 Å². The van der Waals surface area contributed by atoms with Crippen molar-refractivity contribution in [2.24, 2.45) is 11.8 Å². The second-order valence-electron chi connectivity index (χ2n) is 9.62. The van der Waals surface area contributed by atoms with Crippen LogP contribution in [0.2, 0.25) is 0 Å². The molecule has 34 heavy (non-hydrogen) atoms. The van der Waals surface area contributed by atoms with Crippen molar-refractivity contribution in [3.05, 3.63) is 12.2 Å². The van der Waals surface area contributed by atoms with Crippen molar-refractivity contribution in [3.8, 4) is 0 Å². The first-order chi connectivity index (χ1) is 16.0. The summed E-state index contributed by atoms with van der Waals surface area (Å²) in [4.78, 5) is 47.7. The molecule has 190 valence electrons. The maximum Gasteiger partial charge on any atom is 0.344 e. The first kappa shape index (κ1) is 26.2. The summed E-state index contributed by atoms with van der Waals surface area (Å²) in [5.74, 6) is -2.07. The highest BCUT2D eigenvalue weighted by atomic mass is 16.7. The van der Waals surface area contributed by atoms with Gasteiger partial charge in [-0.05, 0) is 64.7 Å². The van der Waals surface area contributed by atoms with Crippen LogP contribution in [0, 0.1) is 11.8 Å². The third-order valence-electron chi connectivity index (χ3n) is 6.50. The lowest BCUT2D eigenvalue weighted by atomic mass is 9.52. The Morgan fingerprint density at radius 3 is 2.15 bits per heavy atom. The predicted molar refractivity (Wildman–Crippen MR) is 116 cm³/mol. The lowest BCUT2D eigenvalue weighted by Crippen LogP contribution is -2.61. The molecule has 0 N–H and O–H groups in total. The van der Waals surface area contributed by atoms with Crippen LogP contribution in [0.15, 0.2) is 12.2 Å². The molecule has 4 bridgehead atoms. The highest BCUT2D eigenvalue weighted by Gasteiger charge is 2.60. The van der Waals surface area contributed by atoms with Crippen molar-refractivity contribution < 1.29 is 47.6 Å². The average molecular weight is 483 g/mol. The van der Waals surface area contributed by atoms with Crippen molar-refractivity contribution in [3.63, 3.8) is 0 Å². The fourth-order valence-corrected chi connectivity index (χ4v) is 5.78. The molecule has 0 amide bonds. The van der Waals surface area contributed by atoms with Gasteiger partial charge in [0.15, 0.2) is 19.5 Å². The Labute approximate surface area is 199 Å². The van der Waals surface area contributed by atoms with E-state index < -0.39 is 54.6 Å². The standard InChI is InChI=1S/C24H34O10/c1-5-29-16(4)33-20(26)13-32-23-7-17-6-18(8-23)10-24(9-17,14-23)34-21(27)12-30-19(25)11-31-22(28)15(2)3/h16-18H,2,5-14H2,1,3-4H3. The quantitative estimate of drug-likeness (QED) is 0.177. The number of carbonyl (C=O) groups excluding carboxylic acids is 4. The van der Waals surface area contributed by atoms with Gasteiger partial charge in [0.05, 0.1) is 5.60 Å². The number of hydrogen-bond acceptors (Lipinski definition) is 10. The zero-order valence-corrected chi connectivity index (χ0v) is 20.1. The largest absolute Gasteiger partial charge is 0.456 e.